The van der Waals surface area contributed by atoms with Gasteiger partial charge >= 0.3 is 0 Å². The second-order valence-corrected chi connectivity index (χ2v) is 6.65. The number of carbonyl (C=O) groups excluding carboxylic acids is 1. The molecule has 0 saturated carbocycles. The fourth-order valence-electron chi connectivity index (χ4n) is 2.30. The average molecular weight is 249 g/mol. The van der Waals surface area contributed by atoms with Crippen LogP contribution in [-0.2, 0) is 0 Å². The van der Waals surface area contributed by atoms with E-state index in [0.29, 0.717) is 10.5 Å². The molecule has 1 aromatic carbocycles. The summed E-state index contributed by atoms with van der Waals surface area (Å²) < 4.78 is 0. The molecule has 0 radical (unpaired) electrons. The molecule has 2 atom stereocenters. The monoisotopic (exact) mass is 249 g/mol. The number of rotatable bonds is 2. The van der Waals surface area contributed by atoms with Crippen LogP contribution in [0.15, 0.2) is 24.3 Å². The molecule has 0 amide bonds. The topological polar surface area (TPSA) is 20.3 Å². The molecule has 17 heavy (non-hydrogen) atoms. The van der Waals surface area contributed by atoms with Crippen LogP contribution in [0.3, 0.4) is 0 Å². The van der Waals surface area contributed by atoms with Gasteiger partial charge in [0.1, 0.15) is 0 Å². The van der Waals surface area contributed by atoms with Crippen molar-refractivity contribution in [2.75, 3.05) is 18.0 Å². The standard InChI is InChI=1S/C14H19NOS/c1-10-8-15(9-11(2)17-10)14-6-4-13(5-7-14)12(3)16/h4-7,10-11H,8-9H2,1-3H3. The number of ketones is 1. The van der Waals surface area contributed by atoms with Crippen LogP contribution in [0.2, 0.25) is 0 Å². The average Bonchev–Trinajstić information content (AvgIpc) is 2.28. The summed E-state index contributed by atoms with van der Waals surface area (Å²) in [4.78, 5) is 13.6. The fraction of sp³-hybridized carbons (Fsp3) is 0.500. The van der Waals surface area contributed by atoms with Gasteiger partial charge in [0.2, 0.25) is 0 Å². The predicted octanol–water partition coefficient (Wildman–Crippen LogP) is 3.22. The molecule has 2 rings (SSSR count). The molecule has 1 heterocycles. The molecule has 0 aromatic heterocycles. The first kappa shape index (κ1) is 12.5. The summed E-state index contributed by atoms with van der Waals surface area (Å²) in [6.07, 6.45) is 0. The van der Waals surface area contributed by atoms with Crippen LogP contribution in [0.5, 0.6) is 0 Å². The molecule has 3 heteroatoms. The second kappa shape index (κ2) is 5.13. The Morgan fingerprint density at radius 2 is 1.71 bits per heavy atom. The minimum Gasteiger partial charge on any atom is -0.369 e. The summed E-state index contributed by atoms with van der Waals surface area (Å²) in [7, 11) is 0. The van der Waals surface area contributed by atoms with Gasteiger partial charge in [-0.3, -0.25) is 4.79 Å². The molecule has 1 aliphatic heterocycles. The molecular weight excluding hydrogens is 230 g/mol. The highest BCUT2D eigenvalue weighted by Gasteiger charge is 2.22. The number of carbonyl (C=O) groups is 1. The van der Waals surface area contributed by atoms with Crippen LogP contribution in [-0.4, -0.2) is 29.4 Å². The van der Waals surface area contributed by atoms with Crippen molar-refractivity contribution < 1.29 is 4.79 Å². The van der Waals surface area contributed by atoms with Gasteiger partial charge in [-0.1, -0.05) is 13.8 Å². The molecule has 0 aliphatic carbocycles. The zero-order valence-electron chi connectivity index (χ0n) is 10.6. The van der Waals surface area contributed by atoms with Crippen LogP contribution >= 0.6 is 11.8 Å². The van der Waals surface area contributed by atoms with Gasteiger partial charge in [0.15, 0.2) is 5.78 Å². The molecule has 1 fully saturated rings. The van der Waals surface area contributed by atoms with Crippen LogP contribution in [0.4, 0.5) is 5.69 Å². The van der Waals surface area contributed by atoms with E-state index in [4.69, 9.17) is 0 Å². The molecule has 1 aromatic rings. The smallest absolute Gasteiger partial charge is 0.159 e. The van der Waals surface area contributed by atoms with E-state index in [1.807, 2.05) is 12.1 Å². The number of hydrogen-bond acceptors (Lipinski definition) is 3. The van der Waals surface area contributed by atoms with E-state index in [9.17, 15) is 4.79 Å². The largest absolute Gasteiger partial charge is 0.369 e. The highest BCUT2D eigenvalue weighted by Crippen LogP contribution is 2.28. The van der Waals surface area contributed by atoms with E-state index in [2.05, 4.69) is 42.6 Å². The van der Waals surface area contributed by atoms with Crippen molar-refractivity contribution in [1.29, 1.82) is 0 Å². The third-order valence-corrected chi connectivity index (χ3v) is 4.29. The minimum absolute atomic E-state index is 0.132. The van der Waals surface area contributed by atoms with Crippen molar-refractivity contribution in [3.05, 3.63) is 29.8 Å². The number of anilines is 1. The quantitative estimate of drug-likeness (QED) is 0.751. The summed E-state index contributed by atoms with van der Waals surface area (Å²) in [5, 5.41) is 1.34. The maximum atomic E-state index is 11.2. The Bertz CT molecular complexity index is 391. The molecule has 92 valence electrons. The molecule has 0 bridgehead atoms. The third kappa shape index (κ3) is 3.03. The molecule has 1 aliphatic rings. The van der Waals surface area contributed by atoms with E-state index in [1.54, 1.807) is 6.92 Å². The predicted molar refractivity (Wildman–Crippen MR) is 75.2 cm³/mol. The van der Waals surface area contributed by atoms with Gasteiger partial charge in [-0.2, -0.15) is 11.8 Å². The summed E-state index contributed by atoms with van der Waals surface area (Å²) in [5.74, 6) is 0.132. The van der Waals surface area contributed by atoms with Crippen LogP contribution < -0.4 is 4.90 Å². The first-order valence-corrected chi connectivity index (χ1v) is 7.02. The lowest BCUT2D eigenvalue weighted by Gasteiger charge is -2.36. The third-order valence-electron chi connectivity index (χ3n) is 3.06. The van der Waals surface area contributed by atoms with Crippen molar-refractivity contribution in [1.82, 2.24) is 0 Å². The lowest BCUT2D eigenvalue weighted by Crippen LogP contribution is -2.40. The van der Waals surface area contributed by atoms with Gasteiger partial charge in [-0.15, -0.1) is 0 Å². The Labute approximate surface area is 107 Å². The Hall–Kier alpha value is -0.960. The minimum atomic E-state index is 0.132. The Morgan fingerprint density at radius 3 is 2.18 bits per heavy atom. The van der Waals surface area contributed by atoms with Gasteiger partial charge in [0.05, 0.1) is 0 Å². The maximum absolute atomic E-state index is 11.2. The molecular formula is C14H19NOS. The van der Waals surface area contributed by atoms with E-state index in [-0.39, 0.29) is 5.78 Å². The lowest BCUT2D eigenvalue weighted by molar-refractivity contribution is 0.101. The second-order valence-electron chi connectivity index (χ2n) is 4.77. The van der Waals surface area contributed by atoms with Crippen LogP contribution in [0, 0.1) is 0 Å². The maximum Gasteiger partial charge on any atom is 0.159 e. The van der Waals surface area contributed by atoms with Crippen molar-refractivity contribution >= 4 is 23.2 Å². The molecule has 2 nitrogen and oxygen atoms in total. The number of nitrogens with zero attached hydrogens (tertiary/aromatic N) is 1. The number of Topliss-reactive ketones (excluding diaryl/α,β-unsaturated/α-hetero) is 1. The Balaban J connectivity index is 2.14. The van der Waals surface area contributed by atoms with Crippen molar-refractivity contribution in [2.24, 2.45) is 0 Å². The van der Waals surface area contributed by atoms with E-state index in [0.717, 1.165) is 18.7 Å². The van der Waals surface area contributed by atoms with Gasteiger partial charge in [-0.05, 0) is 31.2 Å². The van der Waals surface area contributed by atoms with E-state index in [1.165, 1.54) is 5.69 Å². The lowest BCUT2D eigenvalue weighted by atomic mass is 10.1. The zero-order valence-corrected chi connectivity index (χ0v) is 11.5. The van der Waals surface area contributed by atoms with Gasteiger partial charge in [0.25, 0.3) is 0 Å². The fourth-order valence-corrected chi connectivity index (χ4v) is 3.62. The first-order valence-electron chi connectivity index (χ1n) is 6.07. The highest BCUT2D eigenvalue weighted by atomic mass is 32.2. The number of thioether (sulfide) groups is 1. The van der Waals surface area contributed by atoms with E-state index >= 15 is 0 Å². The van der Waals surface area contributed by atoms with Gasteiger partial charge in [-0.25, -0.2) is 0 Å². The summed E-state index contributed by atoms with van der Waals surface area (Å²) in [6.45, 7) is 8.34. The van der Waals surface area contributed by atoms with Crippen LogP contribution in [0.25, 0.3) is 0 Å². The van der Waals surface area contributed by atoms with E-state index < -0.39 is 0 Å². The summed E-state index contributed by atoms with van der Waals surface area (Å²) in [5.41, 5.74) is 2.02. The number of hydrogen-bond donors (Lipinski definition) is 0. The van der Waals surface area contributed by atoms with Crippen molar-refractivity contribution in [3.8, 4) is 0 Å². The van der Waals surface area contributed by atoms with Crippen molar-refractivity contribution in [3.63, 3.8) is 0 Å². The Kier molecular flexibility index (Phi) is 3.77. The van der Waals surface area contributed by atoms with Crippen LogP contribution in [0.1, 0.15) is 31.1 Å². The molecule has 0 spiro atoms. The highest BCUT2D eigenvalue weighted by molar-refractivity contribution is 8.00. The SMILES string of the molecule is CC(=O)c1ccc(N2CC(C)SC(C)C2)cc1. The Morgan fingerprint density at radius 1 is 1.18 bits per heavy atom. The summed E-state index contributed by atoms with van der Waals surface area (Å²) in [6, 6.07) is 7.97. The van der Waals surface area contributed by atoms with Gasteiger partial charge in [0, 0.05) is 34.8 Å². The molecule has 1 saturated heterocycles. The molecule has 0 N–H and O–H groups in total. The van der Waals surface area contributed by atoms with Gasteiger partial charge < -0.3 is 4.90 Å². The summed E-state index contributed by atoms with van der Waals surface area (Å²) >= 11 is 2.05. The first-order chi connectivity index (χ1) is 8.06. The van der Waals surface area contributed by atoms with Crippen molar-refractivity contribution in [2.45, 2.75) is 31.3 Å². The zero-order chi connectivity index (χ0) is 12.4. The molecule has 2 unspecified atom stereocenters. The normalized spacial score (nSPS) is 24.8. The number of benzene rings is 1.